The number of aromatic nitrogens is 4. The number of carbonyl (C=O) groups is 3. The first-order valence-corrected chi connectivity index (χ1v) is 22.2. The van der Waals surface area contributed by atoms with Crippen molar-refractivity contribution in [1.29, 1.82) is 0 Å². The standard InChI is InChI=1S/C51H50N8O6/c1-64-33-59(63)46(39-13-6-3-7-14-39)51(62)58-29-9-16-43(58)48-53-32-41(55-48)37-26-22-35(23-27-37)19-18-34-20-24-36(25-21-34)40-31-52-47(54-40)42-15-8-28-57(42)50(61)45(38-11-4-2-5-12-38)56-49(60)44-17-10-30-65-44/h2-7,11-14,20-27,31-32,42-46H,8-10,15-17,28-30,33H2,1H3,(H2-,52,53,54,55,56,60)/p+1. The number of nitrogens with zero attached hydrogens (tertiary/aromatic N) is 5. The topological polar surface area (TPSA) is 166 Å². The van der Waals surface area contributed by atoms with Gasteiger partial charge in [-0.25, -0.2) is 9.97 Å². The third kappa shape index (κ3) is 9.52. The van der Waals surface area contributed by atoms with Gasteiger partial charge in [0.25, 0.3) is 6.73 Å². The normalized spacial score (nSPS) is 19.1. The second kappa shape index (κ2) is 19.7. The first-order chi connectivity index (χ1) is 31.8. The number of ether oxygens (including phenoxy) is 2. The summed E-state index contributed by atoms with van der Waals surface area (Å²) in [6.45, 7) is 1.42. The Morgan fingerprint density at radius 2 is 1.25 bits per heavy atom. The summed E-state index contributed by atoms with van der Waals surface area (Å²) in [4.78, 5) is 74.2. The van der Waals surface area contributed by atoms with Gasteiger partial charge in [-0.15, -0.1) is 0 Å². The molecule has 0 radical (unpaired) electrons. The molecule has 4 aromatic carbocycles. The summed E-state index contributed by atoms with van der Waals surface area (Å²) in [5.41, 5.74) is 6.59. The first-order valence-electron chi connectivity index (χ1n) is 22.2. The molecule has 3 saturated heterocycles. The van der Waals surface area contributed by atoms with Gasteiger partial charge in [0.2, 0.25) is 11.8 Å². The van der Waals surface area contributed by atoms with E-state index in [1.54, 1.807) is 29.4 Å². The van der Waals surface area contributed by atoms with E-state index in [2.05, 4.69) is 32.1 Å². The van der Waals surface area contributed by atoms with E-state index in [1.807, 2.05) is 102 Å². The van der Waals surface area contributed by atoms with Crippen LogP contribution in [0.3, 0.4) is 0 Å². The van der Waals surface area contributed by atoms with Crippen molar-refractivity contribution in [2.24, 2.45) is 0 Å². The van der Waals surface area contributed by atoms with Crippen LogP contribution in [-0.4, -0.2) is 91.9 Å². The van der Waals surface area contributed by atoms with Crippen LogP contribution in [-0.2, 0) is 23.9 Å². The Labute approximate surface area is 377 Å². The maximum absolute atomic E-state index is 14.2. The Kier molecular flexibility index (Phi) is 13.0. The molecule has 9 rings (SSSR count). The molecule has 0 spiro atoms. The Morgan fingerprint density at radius 3 is 1.75 bits per heavy atom. The fourth-order valence-corrected chi connectivity index (χ4v) is 9.09. The van der Waals surface area contributed by atoms with E-state index in [0.717, 1.165) is 71.3 Å². The summed E-state index contributed by atoms with van der Waals surface area (Å²) in [7, 11) is 1.44. The molecule has 5 atom stereocenters. The molecule has 14 heteroatoms. The van der Waals surface area contributed by atoms with Crippen molar-refractivity contribution in [1.82, 2.24) is 35.1 Å². The minimum absolute atomic E-state index is 0.164. The van der Waals surface area contributed by atoms with Crippen LogP contribution in [0.2, 0.25) is 0 Å². The summed E-state index contributed by atoms with van der Waals surface area (Å²) in [6, 6.07) is 31.9. The molecule has 2 aromatic heterocycles. The molecule has 14 nitrogen and oxygen atoms in total. The molecule has 3 aliphatic heterocycles. The van der Waals surface area contributed by atoms with Crippen LogP contribution >= 0.6 is 0 Å². The van der Waals surface area contributed by atoms with Gasteiger partial charge in [-0.05, 0) is 79.5 Å². The zero-order valence-electron chi connectivity index (χ0n) is 36.2. The summed E-state index contributed by atoms with van der Waals surface area (Å²) in [6.07, 6.45) is 7.63. The molecule has 0 aliphatic carbocycles. The molecule has 3 amide bonds. The Morgan fingerprint density at radius 1 is 0.723 bits per heavy atom. The van der Waals surface area contributed by atoms with Crippen LogP contribution < -0.4 is 5.32 Å². The molecule has 0 saturated carbocycles. The maximum Gasteiger partial charge on any atom is 0.306 e. The number of rotatable bonds is 13. The van der Waals surface area contributed by atoms with Crippen molar-refractivity contribution in [2.75, 3.05) is 33.5 Å². The van der Waals surface area contributed by atoms with Gasteiger partial charge in [-0.1, -0.05) is 96.8 Å². The number of imidazole rings is 2. The quantitative estimate of drug-likeness (QED) is 0.0616. The van der Waals surface area contributed by atoms with Gasteiger partial charge in [0.05, 0.1) is 35.9 Å². The van der Waals surface area contributed by atoms with Crippen LogP contribution in [0.15, 0.2) is 122 Å². The van der Waals surface area contributed by atoms with E-state index >= 15 is 0 Å². The third-order valence-electron chi connectivity index (χ3n) is 12.4. The Bertz CT molecular complexity index is 2680. The molecule has 3 N–H and O–H groups in total. The number of nitrogens with one attached hydrogen (secondary N) is 3. The summed E-state index contributed by atoms with van der Waals surface area (Å²) < 4.78 is 11.4. The van der Waals surface area contributed by atoms with Crippen molar-refractivity contribution in [3.05, 3.63) is 160 Å². The smallest absolute Gasteiger partial charge is 0.306 e. The van der Waals surface area contributed by atoms with Crippen molar-refractivity contribution in [3.8, 4) is 34.4 Å². The average Bonchev–Trinajstić information content (AvgIpc) is 4.21. The number of aromatic amines is 2. The predicted molar refractivity (Wildman–Crippen MR) is 242 cm³/mol. The van der Waals surface area contributed by atoms with Crippen molar-refractivity contribution < 1.29 is 28.6 Å². The molecule has 3 aliphatic rings. The fourth-order valence-electron chi connectivity index (χ4n) is 9.09. The zero-order chi connectivity index (χ0) is 44.7. The molecule has 0 bridgehead atoms. The second-order valence-corrected chi connectivity index (χ2v) is 16.7. The number of hydrogen-bond acceptors (Lipinski definition) is 8. The number of nitroso groups, excluding NO2 is 1. The minimum atomic E-state index is -1.02. The molecule has 3 fully saturated rings. The van der Waals surface area contributed by atoms with Gasteiger partial charge in [0.1, 0.15) is 23.8 Å². The number of H-pyrrole nitrogens is 2. The lowest BCUT2D eigenvalue weighted by Gasteiger charge is -2.29. The number of methoxy groups -OCH3 is 1. The summed E-state index contributed by atoms with van der Waals surface area (Å²) in [5.74, 6) is 7.22. The first kappa shape index (κ1) is 43.1. The lowest BCUT2D eigenvalue weighted by molar-refractivity contribution is -0.613. The monoisotopic (exact) mass is 871 g/mol. The van der Waals surface area contributed by atoms with E-state index in [9.17, 15) is 19.3 Å². The highest BCUT2D eigenvalue weighted by Gasteiger charge is 2.44. The number of benzene rings is 4. The Hall–Kier alpha value is -7.21. The van der Waals surface area contributed by atoms with Crippen molar-refractivity contribution >= 4 is 17.7 Å². The molecule has 5 heterocycles. The van der Waals surface area contributed by atoms with Crippen LogP contribution in [0.4, 0.5) is 0 Å². The highest BCUT2D eigenvalue weighted by Crippen LogP contribution is 2.36. The highest BCUT2D eigenvalue weighted by molar-refractivity contribution is 5.90. The van der Waals surface area contributed by atoms with Gasteiger partial charge in [0, 0.05) is 53.2 Å². The van der Waals surface area contributed by atoms with Gasteiger partial charge in [-0.2, -0.15) is 0 Å². The van der Waals surface area contributed by atoms with Crippen molar-refractivity contribution in [3.63, 3.8) is 0 Å². The highest BCUT2D eigenvalue weighted by atomic mass is 16.5. The SMILES string of the molecule is COC[N+](=O)C(C(=O)N1CCCC1c1ncc(-c2ccc(C#Cc3ccc(-c4cnc(C5CCCN5C(=O)C(NC(=O)C5CCCO5)c5ccccc5)[nH]4)cc3)cc2)[nH]1)c1ccccc1. The van der Waals surface area contributed by atoms with Gasteiger partial charge in [-0.3, -0.25) is 14.4 Å². The predicted octanol–water partition coefficient (Wildman–Crippen LogP) is 7.35. The zero-order valence-corrected chi connectivity index (χ0v) is 36.2. The Balaban J connectivity index is 0.832. The van der Waals surface area contributed by atoms with E-state index in [-0.39, 0.29) is 36.5 Å². The van der Waals surface area contributed by atoms with Crippen LogP contribution in [0.1, 0.15) is 96.6 Å². The van der Waals surface area contributed by atoms with Crippen LogP contribution in [0.5, 0.6) is 0 Å². The van der Waals surface area contributed by atoms with E-state index in [0.29, 0.717) is 48.1 Å². The minimum Gasteiger partial charge on any atom is -0.368 e. The van der Waals surface area contributed by atoms with E-state index < -0.39 is 18.2 Å². The van der Waals surface area contributed by atoms with Crippen LogP contribution in [0, 0.1) is 16.7 Å². The van der Waals surface area contributed by atoms with Crippen LogP contribution in [0.25, 0.3) is 22.5 Å². The summed E-state index contributed by atoms with van der Waals surface area (Å²) in [5, 5.41) is 2.99. The lowest BCUT2D eigenvalue weighted by atomic mass is 10.0. The van der Waals surface area contributed by atoms with Gasteiger partial charge < -0.3 is 34.6 Å². The molecular weight excluding hydrogens is 821 g/mol. The molecular formula is C51H51N8O6+. The molecule has 65 heavy (non-hydrogen) atoms. The van der Waals surface area contributed by atoms with Crippen molar-refractivity contribution in [2.45, 2.75) is 68.8 Å². The fraction of sp³-hybridized carbons (Fsp3) is 0.314. The number of likely N-dealkylation sites (tertiary alicyclic amines) is 2. The maximum atomic E-state index is 14.2. The second-order valence-electron chi connectivity index (χ2n) is 16.7. The number of amides is 3. The molecule has 6 aromatic rings. The average molecular weight is 872 g/mol. The van der Waals surface area contributed by atoms with E-state index in [1.165, 1.54) is 7.11 Å². The molecule has 5 unspecified atom stereocenters. The lowest BCUT2D eigenvalue weighted by Crippen LogP contribution is -2.45. The van der Waals surface area contributed by atoms with Gasteiger partial charge >= 0.3 is 11.9 Å². The summed E-state index contributed by atoms with van der Waals surface area (Å²) >= 11 is 0. The number of carbonyl (C=O) groups excluding carboxylic acids is 3. The largest absolute Gasteiger partial charge is 0.368 e. The molecule has 330 valence electrons. The van der Waals surface area contributed by atoms with E-state index in [4.69, 9.17) is 14.5 Å². The third-order valence-corrected chi connectivity index (χ3v) is 12.4. The number of hydrogen-bond donors (Lipinski definition) is 3. The van der Waals surface area contributed by atoms with Gasteiger partial charge in [0.15, 0.2) is 0 Å².